The second-order valence-electron chi connectivity index (χ2n) is 7.38. The molecule has 0 saturated heterocycles. The average Bonchev–Trinajstić information content (AvgIpc) is 2.64. The van der Waals surface area contributed by atoms with Gasteiger partial charge in [0.1, 0.15) is 11.2 Å². The molecule has 2 heterocycles. The lowest BCUT2D eigenvalue weighted by atomic mass is 10.1. The van der Waals surface area contributed by atoms with Gasteiger partial charge in [0.25, 0.3) is 0 Å². The third kappa shape index (κ3) is 4.63. The number of rotatable bonds is 1. The van der Waals surface area contributed by atoms with Crippen LogP contribution in [0.1, 0.15) is 52.0 Å². The topological polar surface area (TPSA) is 38.8 Å². The third-order valence-electron chi connectivity index (χ3n) is 2.90. The van der Waals surface area contributed by atoms with E-state index in [-0.39, 0.29) is 11.7 Å². The first kappa shape index (κ1) is 16.1. The summed E-state index contributed by atoms with van der Waals surface area (Å²) in [4.78, 5) is 15.2. The Hall–Kier alpha value is -1.23. The van der Waals surface area contributed by atoms with Crippen LogP contribution in [0, 0.1) is 0 Å². The largest absolute Gasteiger partial charge is 0.479 e. The zero-order valence-electron chi connectivity index (χ0n) is 13.8. The molecule has 0 bridgehead atoms. The Morgan fingerprint density at radius 1 is 1.19 bits per heavy atom. The molecule has 0 fully saturated rings. The van der Waals surface area contributed by atoms with Crippen LogP contribution >= 0.6 is 11.3 Å². The average molecular weight is 311 g/mol. The number of fused-ring (bicyclic) bond motifs is 1. The Kier molecular flexibility index (Phi) is 4.24. The molecule has 2 rings (SSSR count). The second kappa shape index (κ2) is 5.52. The van der Waals surface area contributed by atoms with Gasteiger partial charge in [0.15, 0.2) is 5.06 Å². The molecule has 1 aromatic heterocycles. The Morgan fingerprint density at radius 2 is 1.86 bits per heavy atom. The lowest BCUT2D eigenvalue weighted by molar-refractivity contribution is 0.0225. The van der Waals surface area contributed by atoms with Crippen molar-refractivity contribution in [2.24, 2.45) is 0 Å². The highest BCUT2D eigenvalue weighted by molar-refractivity contribution is 7.14. The van der Waals surface area contributed by atoms with Gasteiger partial charge in [-0.25, -0.2) is 4.79 Å². The maximum atomic E-state index is 12.1. The predicted molar refractivity (Wildman–Crippen MR) is 85.0 cm³/mol. The standard InChI is InChI=1S/C16H25NO3S/c1-15(2,3)19-13-9-11-10-17(8-7-12(11)21-13)14(18)20-16(4,5)6/h9H,7-8,10H2,1-6H3. The first-order chi connectivity index (χ1) is 9.53. The van der Waals surface area contributed by atoms with Gasteiger partial charge in [-0.3, -0.25) is 0 Å². The number of amides is 1. The van der Waals surface area contributed by atoms with E-state index < -0.39 is 5.60 Å². The molecule has 1 amide bonds. The van der Waals surface area contributed by atoms with E-state index in [0.717, 1.165) is 11.5 Å². The molecule has 0 radical (unpaired) electrons. The minimum Gasteiger partial charge on any atom is -0.479 e. The number of nitrogens with zero attached hydrogens (tertiary/aromatic N) is 1. The summed E-state index contributed by atoms with van der Waals surface area (Å²) < 4.78 is 11.4. The van der Waals surface area contributed by atoms with E-state index >= 15 is 0 Å². The van der Waals surface area contributed by atoms with Crippen molar-refractivity contribution in [3.05, 3.63) is 16.5 Å². The maximum Gasteiger partial charge on any atom is 0.410 e. The van der Waals surface area contributed by atoms with E-state index in [0.29, 0.717) is 13.1 Å². The molecule has 5 heteroatoms. The first-order valence-corrected chi connectivity index (χ1v) is 8.14. The third-order valence-corrected chi connectivity index (χ3v) is 4.02. The molecule has 0 aliphatic carbocycles. The molecule has 1 aliphatic rings. The number of hydrogen-bond acceptors (Lipinski definition) is 4. The monoisotopic (exact) mass is 311 g/mol. The molecule has 0 saturated carbocycles. The summed E-state index contributed by atoms with van der Waals surface area (Å²) >= 11 is 1.69. The Labute approximate surface area is 131 Å². The van der Waals surface area contributed by atoms with Gasteiger partial charge in [-0.1, -0.05) is 0 Å². The van der Waals surface area contributed by atoms with Crippen molar-refractivity contribution in [2.45, 2.75) is 65.7 Å². The van der Waals surface area contributed by atoms with E-state index in [2.05, 4.69) is 6.07 Å². The van der Waals surface area contributed by atoms with Gasteiger partial charge in [-0.2, -0.15) is 0 Å². The molecular weight excluding hydrogens is 286 g/mol. The summed E-state index contributed by atoms with van der Waals surface area (Å²) in [5.41, 5.74) is 0.529. The Bertz CT molecular complexity index is 523. The van der Waals surface area contributed by atoms with Gasteiger partial charge in [0, 0.05) is 17.8 Å². The van der Waals surface area contributed by atoms with Crippen molar-refractivity contribution in [3.8, 4) is 5.06 Å². The van der Waals surface area contributed by atoms with Gasteiger partial charge in [-0.15, -0.1) is 11.3 Å². The maximum absolute atomic E-state index is 12.1. The quantitative estimate of drug-likeness (QED) is 0.779. The van der Waals surface area contributed by atoms with Crippen LogP contribution in [0.25, 0.3) is 0 Å². The van der Waals surface area contributed by atoms with Gasteiger partial charge < -0.3 is 14.4 Å². The minimum atomic E-state index is -0.452. The normalized spacial score (nSPS) is 15.6. The van der Waals surface area contributed by atoms with Crippen LogP contribution in [0.5, 0.6) is 5.06 Å². The number of thiophene rings is 1. The summed E-state index contributed by atoms with van der Waals surface area (Å²) in [5, 5.41) is 0.929. The molecule has 21 heavy (non-hydrogen) atoms. The molecule has 1 aromatic rings. The van der Waals surface area contributed by atoms with Crippen molar-refractivity contribution >= 4 is 17.4 Å². The number of carbonyl (C=O) groups excluding carboxylic acids is 1. The van der Waals surface area contributed by atoms with Crippen LogP contribution < -0.4 is 4.74 Å². The molecule has 0 spiro atoms. The highest BCUT2D eigenvalue weighted by atomic mass is 32.1. The lowest BCUT2D eigenvalue weighted by Gasteiger charge is -2.29. The van der Waals surface area contributed by atoms with Gasteiger partial charge >= 0.3 is 6.09 Å². The van der Waals surface area contributed by atoms with Crippen LogP contribution in [-0.2, 0) is 17.7 Å². The van der Waals surface area contributed by atoms with Crippen molar-refractivity contribution in [3.63, 3.8) is 0 Å². The molecule has 118 valence electrons. The van der Waals surface area contributed by atoms with Crippen LogP contribution in [0.3, 0.4) is 0 Å². The van der Waals surface area contributed by atoms with E-state index in [1.54, 1.807) is 16.2 Å². The second-order valence-corrected chi connectivity index (χ2v) is 8.48. The van der Waals surface area contributed by atoms with Crippen molar-refractivity contribution in [2.75, 3.05) is 6.54 Å². The zero-order chi connectivity index (χ0) is 15.8. The minimum absolute atomic E-state index is 0.196. The van der Waals surface area contributed by atoms with Gasteiger partial charge in [0.2, 0.25) is 0 Å². The summed E-state index contributed by atoms with van der Waals surface area (Å²) in [6.45, 7) is 13.1. The van der Waals surface area contributed by atoms with E-state index in [1.165, 1.54) is 10.4 Å². The molecule has 0 atom stereocenters. The molecule has 0 unspecified atom stereocenters. The summed E-state index contributed by atoms with van der Waals surface area (Å²) in [6.07, 6.45) is 0.630. The number of hydrogen-bond donors (Lipinski definition) is 0. The highest BCUT2D eigenvalue weighted by Crippen LogP contribution is 2.35. The van der Waals surface area contributed by atoms with Crippen LogP contribution in [-0.4, -0.2) is 28.7 Å². The molecule has 4 nitrogen and oxygen atoms in total. The summed E-state index contributed by atoms with van der Waals surface area (Å²) in [7, 11) is 0. The molecular formula is C16H25NO3S. The highest BCUT2D eigenvalue weighted by Gasteiger charge is 2.27. The van der Waals surface area contributed by atoms with Crippen LogP contribution in [0.2, 0.25) is 0 Å². The number of ether oxygens (including phenoxy) is 2. The smallest absolute Gasteiger partial charge is 0.410 e. The van der Waals surface area contributed by atoms with Crippen molar-refractivity contribution < 1.29 is 14.3 Å². The van der Waals surface area contributed by atoms with Gasteiger partial charge in [-0.05, 0) is 53.2 Å². The fraction of sp³-hybridized carbons (Fsp3) is 0.688. The van der Waals surface area contributed by atoms with E-state index in [9.17, 15) is 4.79 Å². The predicted octanol–water partition coefficient (Wildman–Crippen LogP) is 4.22. The number of carbonyl (C=O) groups is 1. The summed E-state index contributed by atoms with van der Waals surface area (Å²) in [6, 6.07) is 2.06. The first-order valence-electron chi connectivity index (χ1n) is 7.32. The molecule has 0 N–H and O–H groups in total. The fourth-order valence-electron chi connectivity index (χ4n) is 2.14. The summed E-state index contributed by atoms with van der Waals surface area (Å²) in [5.74, 6) is 0. The fourth-order valence-corrected chi connectivity index (χ4v) is 3.32. The molecule has 0 aromatic carbocycles. The van der Waals surface area contributed by atoms with E-state index in [4.69, 9.17) is 9.47 Å². The van der Waals surface area contributed by atoms with E-state index in [1.807, 2.05) is 41.5 Å². The Morgan fingerprint density at radius 3 is 2.43 bits per heavy atom. The zero-order valence-corrected chi connectivity index (χ0v) is 14.6. The molecule has 1 aliphatic heterocycles. The Balaban J connectivity index is 2.05. The van der Waals surface area contributed by atoms with Crippen molar-refractivity contribution in [1.82, 2.24) is 4.90 Å². The lowest BCUT2D eigenvalue weighted by Crippen LogP contribution is -2.39. The SMILES string of the molecule is CC(C)(C)OC(=O)N1CCc2sc(OC(C)(C)C)cc2C1. The van der Waals surface area contributed by atoms with Crippen LogP contribution in [0.4, 0.5) is 4.79 Å². The van der Waals surface area contributed by atoms with Gasteiger partial charge in [0.05, 0.1) is 6.54 Å². The van der Waals surface area contributed by atoms with Crippen LogP contribution in [0.15, 0.2) is 6.07 Å². The van der Waals surface area contributed by atoms with Crippen molar-refractivity contribution in [1.29, 1.82) is 0 Å².